The molecule has 0 amide bonds. The molecule has 0 atom stereocenters. The fourth-order valence-electron chi connectivity index (χ4n) is 2.38. The first-order chi connectivity index (χ1) is 10.1. The van der Waals surface area contributed by atoms with Gasteiger partial charge in [0.2, 0.25) is 5.75 Å². The van der Waals surface area contributed by atoms with Gasteiger partial charge in [0.1, 0.15) is 5.75 Å². The molecule has 1 aliphatic rings. The Morgan fingerprint density at radius 2 is 2.33 bits per heavy atom. The molecule has 1 aromatic carbocycles. The third-order valence-corrected chi connectivity index (χ3v) is 4.05. The summed E-state index contributed by atoms with van der Waals surface area (Å²) in [4.78, 5) is 16.2. The van der Waals surface area contributed by atoms with Crippen molar-refractivity contribution in [2.45, 2.75) is 13.0 Å². The smallest absolute Gasteiger partial charge is 0.297 e. The molecule has 0 unspecified atom stereocenters. The van der Waals surface area contributed by atoms with Gasteiger partial charge in [0.05, 0.1) is 26.6 Å². The quantitative estimate of drug-likeness (QED) is 0.779. The fourth-order valence-corrected chi connectivity index (χ4v) is 3.14. The largest absolute Gasteiger partial charge is 0.493 e. The minimum atomic E-state index is -0.316. The van der Waals surface area contributed by atoms with Crippen LogP contribution in [0.1, 0.15) is 11.1 Å². The van der Waals surface area contributed by atoms with E-state index in [0.717, 1.165) is 27.8 Å². The van der Waals surface area contributed by atoms with E-state index in [4.69, 9.17) is 21.1 Å². The molecule has 0 saturated heterocycles. The molecule has 2 aromatic rings. The van der Waals surface area contributed by atoms with Gasteiger partial charge in [-0.15, -0.1) is 0 Å². The molecule has 2 heterocycles. The summed E-state index contributed by atoms with van der Waals surface area (Å²) < 4.78 is 13.1. The number of halogens is 2. The number of nitrogens with zero attached hydrogens (tertiary/aromatic N) is 2. The molecule has 110 valence electrons. The highest BCUT2D eigenvalue weighted by Crippen LogP contribution is 2.33. The number of methoxy groups -OCH3 is 1. The van der Waals surface area contributed by atoms with Gasteiger partial charge < -0.3 is 9.47 Å². The number of hydrogen-bond donors (Lipinski definition) is 0. The van der Waals surface area contributed by atoms with Crippen LogP contribution in [0.15, 0.2) is 27.7 Å². The highest BCUT2D eigenvalue weighted by atomic mass is 79.9. The van der Waals surface area contributed by atoms with Gasteiger partial charge in [0, 0.05) is 16.5 Å². The molecule has 0 fully saturated rings. The number of fused-ring (bicyclic) bond motifs is 1. The standard InChI is InChI=1S/C14H12BrClN2O3/c1-20-12-13(16)17-7-18(14(12)19)6-9-5-10(15)4-8-2-3-21-11(8)9/h4-5,7H,2-3,6H2,1H3. The second-order valence-corrected chi connectivity index (χ2v) is 5.93. The average Bonchev–Trinajstić information content (AvgIpc) is 2.90. The van der Waals surface area contributed by atoms with Crippen molar-refractivity contribution >= 4 is 27.5 Å². The highest BCUT2D eigenvalue weighted by Gasteiger charge is 2.19. The van der Waals surface area contributed by atoms with Crippen molar-refractivity contribution in [3.63, 3.8) is 0 Å². The molecule has 0 saturated carbocycles. The Hall–Kier alpha value is -1.53. The van der Waals surface area contributed by atoms with Crippen molar-refractivity contribution in [2.75, 3.05) is 13.7 Å². The number of aromatic nitrogens is 2. The minimum Gasteiger partial charge on any atom is -0.493 e. The summed E-state index contributed by atoms with van der Waals surface area (Å²) in [5.74, 6) is 0.894. The second kappa shape index (κ2) is 5.69. The third-order valence-electron chi connectivity index (χ3n) is 3.32. The van der Waals surface area contributed by atoms with Crippen LogP contribution in [0.25, 0.3) is 0 Å². The summed E-state index contributed by atoms with van der Waals surface area (Å²) in [6.07, 6.45) is 2.29. The molecule has 21 heavy (non-hydrogen) atoms. The maximum atomic E-state index is 12.3. The molecule has 7 heteroatoms. The van der Waals surface area contributed by atoms with Gasteiger partial charge in [-0.2, -0.15) is 0 Å². The van der Waals surface area contributed by atoms with Gasteiger partial charge in [-0.05, 0) is 17.7 Å². The maximum absolute atomic E-state index is 12.3. The Bertz CT molecular complexity index is 761. The Morgan fingerprint density at radius 3 is 3.10 bits per heavy atom. The third kappa shape index (κ3) is 2.65. The molecule has 0 aliphatic carbocycles. The van der Waals surface area contributed by atoms with E-state index in [2.05, 4.69) is 20.9 Å². The summed E-state index contributed by atoms with van der Waals surface area (Å²) >= 11 is 9.32. The van der Waals surface area contributed by atoms with E-state index in [0.29, 0.717) is 13.2 Å². The van der Waals surface area contributed by atoms with Crippen molar-refractivity contribution in [1.29, 1.82) is 0 Å². The SMILES string of the molecule is COc1c(Cl)ncn(Cc2cc(Br)cc3c2OCC3)c1=O. The second-order valence-electron chi connectivity index (χ2n) is 4.65. The van der Waals surface area contributed by atoms with Crippen molar-refractivity contribution in [3.8, 4) is 11.5 Å². The number of ether oxygens (including phenoxy) is 2. The van der Waals surface area contributed by atoms with Crippen LogP contribution in [0.4, 0.5) is 0 Å². The van der Waals surface area contributed by atoms with E-state index in [-0.39, 0.29) is 16.5 Å². The normalized spacial score (nSPS) is 12.9. The zero-order chi connectivity index (χ0) is 15.0. The first-order valence-corrected chi connectivity index (χ1v) is 7.50. The molecule has 1 aromatic heterocycles. The van der Waals surface area contributed by atoms with Crippen LogP contribution < -0.4 is 15.0 Å². The van der Waals surface area contributed by atoms with E-state index in [1.807, 2.05) is 12.1 Å². The molecular weight excluding hydrogens is 360 g/mol. The molecule has 0 radical (unpaired) electrons. The predicted octanol–water partition coefficient (Wildman–Crippen LogP) is 2.65. The van der Waals surface area contributed by atoms with Gasteiger partial charge in [-0.3, -0.25) is 9.36 Å². The lowest BCUT2D eigenvalue weighted by atomic mass is 10.1. The predicted molar refractivity (Wildman–Crippen MR) is 82.5 cm³/mol. The number of hydrogen-bond acceptors (Lipinski definition) is 4. The minimum absolute atomic E-state index is 0.0479. The molecule has 0 bridgehead atoms. The first kappa shape index (κ1) is 14.4. The molecule has 5 nitrogen and oxygen atoms in total. The fraction of sp³-hybridized carbons (Fsp3) is 0.286. The molecular formula is C14H12BrClN2O3. The first-order valence-electron chi connectivity index (χ1n) is 6.33. The van der Waals surface area contributed by atoms with Gasteiger partial charge in [-0.1, -0.05) is 27.5 Å². The van der Waals surface area contributed by atoms with Crippen LogP contribution in [0.5, 0.6) is 11.5 Å². The highest BCUT2D eigenvalue weighted by molar-refractivity contribution is 9.10. The average molecular weight is 372 g/mol. The van der Waals surface area contributed by atoms with Crippen molar-refractivity contribution in [2.24, 2.45) is 0 Å². The topological polar surface area (TPSA) is 53.4 Å². The van der Waals surface area contributed by atoms with Crippen LogP contribution in [-0.4, -0.2) is 23.3 Å². The molecule has 1 aliphatic heterocycles. The number of rotatable bonds is 3. The maximum Gasteiger partial charge on any atom is 0.297 e. The van der Waals surface area contributed by atoms with Gasteiger partial charge in [-0.25, -0.2) is 4.98 Å². The van der Waals surface area contributed by atoms with E-state index >= 15 is 0 Å². The summed E-state index contributed by atoms with van der Waals surface area (Å²) in [5, 5.41) is 0.0643. The zero-order valence-corrected chi connectivity index (χ0v) is 13.6. The lowest BCUT2D eigenvalue weighted by Crippen LogP contribution is -2.23. The van der Waals surface area contributed by atoms with Crippen LogP contribution in [0.3, 0.4) is 0 Å². The van der Waals surface area contributed by atoms with Crippen molar-refractivity contribution < 1.29 is 9.47 Å². The summed E-state index contributed by atoms with van der Waals surface area (Å²) in [7, 11) is 1.40. The van der Waals surface area contributed by atoms with Crippen molar-refractivity contribution in [3.05, 3.63) is 49.6 Å². The van der Waals surface area contributed by atoms with E-state index in [1.165, 1.54) is 18.0 Å². The summed E-state index contributed by atoms with van der Waals surface area (Å²) in [6, 6.07) is 3.98. The number of benzene rings is 1. The molecule has 0 spiro atoms. The van der Waals surface area contributed by atoms with Gasteiger partial charge >= 0.3 is 0 Å². The van der Waals surface area contributed by atoms with Crippen LogP contribution in [0, 0.1) is 0 Å². The molecule has 0 N–H and O–H groups in total. The van der Waals surface area contributed by atoms with Gasteiger partial charge in [0.25, 0.3) is 5.56 Å². The van der Waals surface area contributed by atoms with Crippen molar-refractivity contribution in [1.82, 2.24) is 9.55 Å². The van der Waals surface area contributed by atoms with E-state index in [9.17, 15) is 4.79 Å². The van der Waals surface area contributed by atoms with Crippen LogP contribution >= 0.6 is 27.5 Å². The van der Waals surface area contributed by atoms with Crippen LogP contribution in [-0.2, 0) is 13.0 Å². The Morgan fingerprint density at radius 1 is 1.52 bits per heavy atom. The summed E-state index contributed by atoms with van der Waals surface area (Å²) in [5.41, 5.74) is 1.75. The Balaban J connectivity index is 2.04. The lowest BCUT2D eigenvalue weighted by molar-refractivity contribution is 0.352. The monoisotopic (exact) mass is 370 g/mol. The Kier molecular flexibility index (Phi) is 3.91. The Labute approximate surface area is 134 Å². The van der Waals surface area contributed by atoms with E-state index < -0.39 is 0 Å². The van der Waals surface area contributed by atoms with Gasteiger partial charge in [0.15, 0.2) is 5.15 Å². The lowest BCUT2D eigenvalue weighted by Gasteiger charge is -2.12. The molecule has 3 rings (SSSR count). The zero-order valence-electron chi connectivity index (χ0n) is 11.2. The van der Waals surface area contributed by atoms with E-state index in [1.54, 1.807) is 0 Å². The summed E-state index contributed by atoms with van der Waals surface area (Å²) in [6.45, 7) is 1.01. The van der Waals surface area contributed by atoms with Crippen LogP contribution in [0.2, 0.25) is 5.15 Å².